The van der Waals surface area contributed by atoms with Gasteiger partial charge in [-0.15, -0.1) is 0 Å². The summed E-state index contributed by atoms with van der Waals surface area (Å²) in [4.78, 5) is 0. The molecule has 0 radical (unpaired) electrons. The Hall–Kier alpha value is -0.0800. The molecule has 0 aromatic rings. The van der Waals surface area contributed by atoms with Crippen molar-refractivity contribution in [3.05, 3.63) is 0 Å². The molecule has 1 aliphatic carbocycles. The molecular weight excluding hydrogens is 176 g/mol. The monoisotopic (exact) mass is 198 g/mol. The third-order valence-electron chi connectivity index (χ3n) is 3.87. The lowest BCUT2D eigenvalue weighted by molar-refractivity contribution is -0.164. The van der Waals surface area contributed by atoms with Gasteiger partial charge in [0.05, 0.1) is 17.8 Å². The fourth-order valence-corrected chi connectivity index (χ4v) is 3.19. The van der Waals surface area contributed by atoms with E-state index in [2.05, 4.69) is 13.8 Å². The van der Waals surface area contributed by atoms with Crippen molar-refractivity contribution < 1.29 is 9.84 Å². The van der Waals surface area contributed by atoms with Gasteiger partial charge in [-0.05, 0) is 39.0 Å². The quantitative estimate of drug-likeness (QED) is 0.701. The van der Waals surface area contributed by atoms with E-state index < -0.39 is 5.60 Å². The Morgan fingerprint density at radius 1 is 1.21 bits per heavy atom. The zero-order chi connectivity index (χ0) is 10.2. The fourth-order valence-electron chi connectivity index (χ4n) is 3.19. The smallest absolute Gasteiger partial charge is 0.0724 e. The third kappa shape index (κ3) is 1.96. The average molecular weight is 198 g/mol. The van der Waals surface area contributed by atoms with Gasteiger partial charge in [0.2, 0.25) is 0 Å². The highest BCUT2D eigenvalue weighted by Crippen LogP contribution is 2.43. The summed E-state index contributed by atoms with van der Waals surface area (Å²) in [6.45, 7) is 4.90. The lowest BCUT2D eigenvalue weighted by atomic mass is 9.75. The number of rotatable bonds is 1. The molecule has 14 heavy (non-hydrogen) atoms. The summed E-state index contributed by atoms with van der Waals surface area (Å²) in [5, 5.41) is 10.6. The number of aliphatic hydroxyl groups is 1. The van der Waals surface area contributed by atoms with Crippen molar-refractivity contribution >= 4 is 0 Å². The first-order chi connectivity index (χ1) is 6.52. The van der Waals surface area contributed by atoms with Crippen LogP contribution in [0.25, 0.3) is 0 Å². The van der Waals surface area contributed by atoms with Crippen molar-refractivity contribution in [1.29, 1.82) is 0 Å². The Kier molecular flexibility index (Phi) is 2.61. The molecule has 1 heterocycles. The highest BCUT2D eigenvalue weighted by molar-refractivity contribution is 4.96. The molecule has 1 atom stereocenters. The summed E-state index contributed by atoms with van der Waals surface area (Å²) in [5.74, 6) is 0.533. The lowest BCUT2D eigenvalue weighted by Gasteiger charge is -2.44. The molecule has 1 saturated heterocycles. The zero-order valence-corrected chi connectivity index (χ0v) is 9.38. The Morgan fingerprint density at radius 3 is 2.43 bits per heavy atom. The molecule has 1 aliphatic heterocycles. The van der Waals surface area contributed by atoms with Gasteiger partial charge in [0, 0.05) is 6.42 Å². The summed E-state index contributed by atoms with van der Waals surface area (Å²) >= 11 is 0. The molecule has 1 unspecified atom stereocenters. The van der Waals surface area contributed by atoms with E-state index in [0.717, 1.165) is 19.4 Å². The van der Waals surface area contributed by atoms with Gasteiger partial charge in [-0.2, -0.15) is 0 Å². The SMILES string of the molecule is CC1(C)CC(O)(C2CCCC2)CCO1. The van der Waals surface area contributed by atoms with Gasteiger partial charge in [0.15, 0.2) is 0 Å². The average Bonchev–Trinajstić information content (AvgIpc) is 2.52. The van der Waals surface area contributed by atoms with Crippen molar-refractivity contribution in [3.63, 3.8) is 0 Å². The predicted octanol–water partition coefficient (Wildman–Crippen LogP) is 2.50. The van der Waals surface area contributed by atoms with Crippen LogP contribution in [0.4, 0.5) is 0 Å². The van der Waals surface area contributed by atoms with E-state index in [1.54, 1.807) is 0 Å². The van der Waals surface area contributed by atoms with E-state index in [4.69, 9.17) is 4.74 Å². The summed E-state index contributed by atoms with van der Waals surface area (Å²) < 4.78 is 5.66. The molecule has 2 heteroatoms. The predicted molar refractivity (Wildman–Crippen MR) is 56.2 cm³/mol. The number of hydrogen-bond donors (Lipinski definition) is 1. The van der Waals surface area contributed by atoms with Gasteiger partial charge < -0.3 is 9.84 Å². The van der Waals surface area contributed by atoms with Crippen molar-refractivity contribution in [2.75, 3.05) is 6.61 Å². The first-order valence-electron chi connectivity index (χ1n) is 5.88. The summed E-state index contributed by atoms with van der Waals surface area (Å²) in [6, 6.07) is 0. The van der Waals surface area contributed by atoms with Gasteiger partial charge in [-0.25, -0.2) is 0 Å². The van der Waals surface area contributed by atoms with Crippen LogP contribution in [0.3, 0.4) is 0 Å². The maximum Gasteiger partial charge on any atom is 0.0724 e. The molecule has 1 saturated carbocycles. The second-order valence-electron chi connectivity index (χ2n) is 5.62. The molecule has 0 spiro atoms. The van der Waals surface area contributed by atoms with Crippen LogP contribution in [0.1, 0.15) is 52.4 Å². The Labute approximate surface area is 86.6 Å². The van der Waals surface area contributed by atoms with Crippen molar-refractivity contribution in [3.8, 4) is 0 Å². The molecule has 0 aromatic carbocycles. The van der Waals surface area contributed by atoms with Gasteiger partial charge in [0.1, 0.15) is 0 Å². The molecule has 2 nitrogen and oxygen atoms in total. The number of hydrogen-bond acceptors (Lipinski definition) is 2. The van der Waals surface area contributed by atoms with Crippen LogP contribution in [-0.2, 0) is 4.74 Å². The zero-order valence-electron chi connectivity index (χ0n) is 9.38. The standard InChI is InChI=1S/C12H22O2/c1-11(2)9-12(13,7-8-14-11)10-5-3-4-6-10/h10,13H,3-9H2,1-2H3. The van der Waals surface area contributed by atoms with Gasteiger partial charge in [-0.3, -0.25) is 0 Å². The molecule has 2 fully saturated rings. The van der Waals surface area contributed by atoms with Crippen LogP contribution in [0.2, 0.25) is 0 Å². The highest BCUT2D eigenvalue weighted by Gasteiger charge is 2.45. The van der Waals surface area contributed by atoms with E-state index in [1.807, 2.05) is 0 Å². The molecule has 1 N–H and O–H groups in total. The molecule has 0 aromatic heterocycles. The minimum Gasteiger partial charge on any atom is -0.389 e. The molecule has 2 aliphatic rings. The molecule has 82 valence electrons. The first kappa shape index (κ1) is 10.4. The van der Waals surface area contributed by atoms with Crippen LogP contribution < -0.4 is 0 Å². The van der Waals surface area contributed by atoms with Gasteiger partial charge >= 0.3 is 0 Å². The molecule has 0 bridgehead atoms. The van der Waals surface area contributed by atoms with Crippen molar-refractivity contribution in [2.45, 2.75) is 63.6 Å². The van der Waals surface area contributed by atoms with Crippen LogP contribution in [-0.4, -0.2) is 22.9 Å². The third-order valence-corrected chi connectivity index (χ3v) is 3.87. The van der Waals surface area contributed by atoms with E-state index in [1.165, 1.54) is 25.7 Å². The van der Waals surface area contributed by atoms with Crippen LogP contribution in [0, 0.1) is 5.92 Å². The first-order valence-corrected chi connectivity index (χ1v) is 5.88. The normalized spacial score (nSPS) is 38.8. The maximum atomic E-state index is 10.6. The van der Waals surface area contributed by atoms with Gasteiger partial charge in [0.25, 0.3) is 0 Å². The summed E-state index contributed by atoms with van der Waals surface area (Å²) in [6.07, 6.45) is 6.67. The van der Waals surface area contributed by atoms with E-state index in [0.29, 0.717) is 5.92 Å². The van der Waals surface area contributed by atoms with Crippen molar-refractivity contribution in [2.24, 2.45) is 5.92 Å². The molecule has 0 amide bonds. The Balaban J connectivity index is 2.06. The Morgan fingerprint density at radius 2 is 1.86 bits per heavy atom. The van der Waals surface area contributed by atoms with Crippen LogP contribution in [0.15, 0.2) is 0 Å². The summed E-state index contributed by atoms with van der Waals surface area (Å²) in [5.41, 5.74) is -0.562. The van der Waals surface area contributed by atoms with Crippen LogP contribution >= 0.6 is 0 Å². The van der Waals surface area contributed by atoms with Crippen LogP contribution in [0.5, 0.6) is 0 Å². The largest absolute Gasteiger partial charge is 0.389 e. The minimum absolute atomic E-state index is 0.129. The second kappa shape index (κ2) is 3.49. The second-order valence-corrected chi connectivity index (χ2v) is 5.62. The fraction of sp³-hybridized carbons (Fsp3) is 1.00. The van der Waals surface area contributed by atoms with Gasteiger partial charge in [-0.1, -0.05) is 12.8 Å². The topological polar surface area (TPSA) is 29.5 Å². The maximum absolute atomic E-state index is 10.6. The number of ether oxygens (including phenoxy) is 1. The van der Waals surface area contributed by atoms with Crippen molar-refractivity contribution in [1.82, 2.24) is 0 Å². The molecule has 2 rings (SSSR count). The van der Waals surface area contributed by atoms with E-state index in [9.17, 15) is 5.11 Å². The molecular formula is C12H22O2. The van der Waals surface area contributed by atoms with E-state index in [-0.39, 0.29) is 5.60 Å². The van der Waals surface area contributed by atoms with E-state index >= 15 is 0 Å². The Bertz CT molecular complexity index is 206. The minimum atomic E-state index is -0.432. The summed E-state index contributed by atoms with van der Waals surface area (Å²) in [7, 11) is 0. The lowest BCUT2D eigenvalue weighted by Crippen LogP contribution is -2.49. The highest BCUT2D eigenvalue weighted by atomic mass is 16.5.